The van der Waals surface area contributed by atoms with Crippen LogP contribution < -0.4 is 15.4 Å². The number of ether oxygens (including phenoxy) is 2. The Labute approximate surface area is 209 Å². The van der Waals surface area contributed by atoms with Gasteiger partial charge in [0.2, 0.25) is 5.88 Å². The summed E-state index contributed by atoms with van der Waals surface area (Å²) in [7, 11) is 1.38. The number of rotatable bonds is 7. The number of hydrogen-bond donors (Lipinski definition) is 2. The molecule has 184 valence electrons. The van der Waals surface area contributed by atoms with Crippen LogP contribution in [0, 0.1) is 11.7 Å². The minimum absolute atomic E-state index is 0.0837. The zero-order valence-corrected chi connectivity index (χ0v) is 19.9. The molecule has 0 unspecified atom stereocenters. The number of amides is 1. The van der Waals surface area contributed by atoms with E-state index in [0.29, 0.717) is 37.1 Å². The zero-order chi connectivity index (χ0) is 24.9. The molecule has 35 heavy (non-hydrogen) atoms. The van der Waals surface area contributed by atoms with Gasteiger partial charge >= 0.3 is 23.8 Å². The summed E-state index contributed by atoms with van der Waals surface area (Å²) in [4.78, 5) is 28.3. The molecule has 4 rings (SSSR count). The molecule has 0 atom stereocenters. The standard InChI is InChI=1S/C22H20Cl2FN5O5/c1-33-21(32)11-2-5-14(6-3-11)34-19-16(24)9-13(10-26-19)27-18(31)20-29-30-22(35-20)28-12-4-7-17(25)15(23)8-12/h4,7-11,14H,2-3,5-6H2,1H3,(H,27,31)(H,28,30)/t11-,14-. The minimum atomic E-state index is -0.685. The molecule has 1 amide bonds. The third-order valence-corrected chi connectivity index (χ3v) is 5.90. The van der Waals surface area contributed by atoms with Gasteiger partial charge in [-0.2, -0.15) is 0 Å². The molecule has 1 fully saturated rings. The molecule has 10 nitrogen and oxygen atoms in total. The maximum Gasteiger partial charge on any atom is 0.320 e. The molecule has 13 heteroatoms. The molecule has 1 aromatic carbocycles. The summed E-state index contributed by atoms with van der Waals surface area (Å²) >= 11 is 12.0. The van der Waals surface area contributed by atoms with E-state index in [1.165, 1.54) is 37.6 Å². The van der Waals surface area contributed by atoms with E-state index in [2.05, 4.69) is 25.8 Å². The fraction of sp³-hybridized carbons (Fsp3) is 0.318. The lowest BCUT2D eigenvalue weighted by Crippen LogP contribution is -2.28. The lowest BCUT2D eigenvalue weighted by molar-refractivity contribution is -0.147. The van der Waals surface area contributed by atoms with E-state index in [9.17, 15) is 14.0 Å². The summed E-state index contributed by atoms with van der Waals surface area (Å²) < 4.78 is 29.2. The molecule has 1 aliphatic rings. The molecule has 0 radical (unpaired) electrons. The van der Waals surface area contributed by atoms with E-state index < -0.39 is 11.7 Å². The number of benzene rings is 1. The third-order valence-electron chi connectivity index (χ3n) is 5.34. The lowest BCUT2D eigenvalue weighted by Gasteiger charge is -2.27. The van der Waals surface area contributed by atoms with Crippen molar-refractivity contribution in [3.8, 4) is 5.88 Å². The van der Waals surface area contributed by atoms with Crippen LogP contribution in [0.2, 0.25) is 10.0 Å². The van der Waals surface area contributed by atoms with Gasteiger partial charge in [0.05, 0.1) is 29.9 Å². The van der Waals surface area contributed by atoms with Crippen LogP contribution in [0.25, 0.3) is 0 Å². The zero-order valence-electron chi connectivity index (χ0n) is 18.4. The van der Waals surface area contributed by atoms with Crippen molar-refractivity contribution in [1.82, 2.24) is 15.2 Å². The Morgan fingerprint density at radius 1 is 1.09 bits per heavy atom. The van der Waals surface area contributed by atoms with Gasteiger partial charge in [-0.3, -0.25) is 9.59 Å². The van der Waals surface area contributed by atoms with Crippen LogP contribution >= 0.6 is 23.2 Å². The quantitative estimate of drug-likeness (QED) is 0.410. The van der Waals surface area contributed by atoms with Crippen molar-refractivity contribution in [3.63, 3.8) is 0 Å². The van der Waals surface area contributed by atoms with Crippen LogP contribution in [0.4, 0.5) is 21.8 Å². The van der Waals surface area contributed by atoms with E-state index in [1.54, 1.807) is 0 Å². The molecule has 2 aromatic heterocycles. The average Bonchev–Trinajstić information content (AvgIpc) is 3.32. The number of carbonyl (C=O) groups is 2. The number of esters is 1. The van der Waals surface area contributed by atoms with E-state index in [4.69, 9.17) is 37.1 Å². The fourth-order valence-electron chi connectivity index (χ4n) is 3.57. The number of carbonyl (C=O) groups excluding carboxylic acids is 2. The normalized spacial score (nSPS) is 17.5. The molecule has 2 heterocycles. The molecule has 1 aliphatic carbocycles. The number of hydrogen-bond acceptors (Lipinski definition) is 9. The highest BCUT2D eigenvalue weighted by Gasteiger charge is 2.28. The van der Waals surface area contributed by atoms with Crippen LogP contribution in [-0.4, -0.2) is 40.3 Å². The fourth-order valence-corrected chi connectivity index (χ4v) is 3.96. The first-order chi connectivity index (χ1) is 16.8. The van der Waals surface area contributed by atoms with Gasteiger partial charge in [0.15, 0.2) is 0 Å². The summed E-state index contributed by atoms with van der Waals surface area (Å²) in [5.41, 5.74) is 0.692. The van der Waals surface area contributed by atoms with Crippen LogP contribution in [0.5, 0.6) is 5.88 Å². The van der Waals surface area contributed by atoms with E-state index in [0.717, 1.165) is 0 Å². The van der Waals surface area contributed by atoms with Crippen molar-refractivity contribution in [2.45, 2.75) is 31.8 Å². The molecule has 0 bridgehead atoms. The van der Waals surface area contributed by atoms with Gasteiger partial charge in [-0.05, 0) is 49.9 Å². The maximum atomic E-state index is 13.3. The number of aromatic nitrogens is 3. The van der Waals surface area contributed by atoms with Crippen LogP contribution in [0.3, 0.4) is 0 Å². The van der Waals surface area contributed by atoms with Gasteiger partial charge in [-0.25, -0.2) is 9.37 Å². The highest BCUT2D eigenvalue weighted by atomic mass is 35.5. The largest absolute Gasteiger partial charge is 0.473 e. The maximum absolute atomic E-state index is 13.3. The second kappa shape index (κ2) is 10.9. The smallest absolute Gasteiger partial charge is 0.320 e. The van der Waals surface area contributed by atoms with E-state index in [-0.39, 0.29) is 45.8 Å². The van der Waals surface area contributed by atoms with Crippen molar-refractivity contribution >= 4 is 52.5 Å². The van der Waals surface area contributed by atoms with Gasteiger partial charge < -0.3 is 24.5 Å². The highest BCUT2D eigenvalue weighted by Crippen LogP contribution is 2.31. The Morgan fingerprint density at radius 2 is 1.83 bits per heavy atom. The molecular formula is C22H20Cl2FN5O5. The first kappa shape index (κ1) is 24.7. The summed E-state index contributed by atoms with van der Waals surface area (Å²) in [5.74, 6) is -1.67. The Morgan fingerprint density at radius 3 is 2.51 bits per heavy atom. The Hall–Kier alpha value is -3.44. The molecule has 3 aromatic rings. The Balaban J connectivity index is 1.33. The van der Waals surface area contributed by atoms with Crippen molar-refractivity contribution in [2.24, 2.45) is 5.92 Å². The van der Waals surface area contributed by atoms with E-state index in [1.807, 2.05) is 0 Å². The molecule has 1 saturated carbocycles. The molecule has 2 N–H and O–H groups in total. The lowest BCUT2D eigenvalue weighted by atomic mass is 9.87. The number of halogens is 3. The average molecular weight is 524 g/mol. The van der Waals surface area contributed by atoms with Gasteiger partial charge in [0, 0.05) is 5.69 Å². The molecule has 0 aliphatic heterocycles. The predicted molar refractivity (Wildman–Crippen MR) is 125 cm³/mol. The highest BCUT2D eigenvalue weighted by molar-refractivity contribution is 6.32. The second-order valence-electron chi connectivity index (χ2n) is 7.75. The number of nitrogens with zero attached hydrogens (tertiary/aromatic N) is 3. The number of methoxy groups -OCH3 is 1. The first-order valence-corrected chi connectivity index (χ1v) is 11.3. The second-order valence-corrected chi connectivity index (χ2v) is 8.56. The SMILES string of the molecule is COC(=O)[C@H]1CC[C@H](Oc2ncc(NC(=O)c3nnc(Nc4ccc(F)c(Cl)c4)o3)cc2Cl)CC1. The molecular weight excluding hydrogens is 504 g/mol. The van der Waals surface area contributed by atoms with Gasteiger partial charge in [-0.15, -0.1) is 5.10 Å². The van der Waals surface area contributed by atoms with Gasteiger partial charge in [0.25, 0.3) is 0 Å². The summed E-state index contributed by atoms with van der Waals surface area (Å²) in [6.07, 6.45) is 3.94. The summed E-state index contributed by atoms with van der Waals surface area (Å²) in [5, 5.41) is 12.8. The summed E-state index contributed by atoms with van der Waals surface area (Å²) in [6, 6.07) is 5.33. The summed E-state index contributed by atoms with van der Waals surface area (Å²) in [6.45, 7) is 0. The van der Waals surface area contributed by atoms with E-state index >= 15 is 0 Å². The van der Waals surface area contributed by atoms with Crippen molar-refractivity contribution in [2.75, 3.05) is 17.7 Å². The first-order valence-electron chi connectivity index (χ1n) is 10.6. The van der Waals surface area contributed by atoms with Crippen molar-refractivity contribution in [1.29, 1.82) is 0 Å². The molecule has 0 saturated heterocycles. The van der Waals surface area contributed by atoms with Crippen molar-refractivity contribution in [3.05, 3.63) is 52.2 Å². The minimum Gasteiger partial charge on any atom is -0.473 e. The number of pyridine rings is 1. The van der Waals surface area contributed by atoms with Crippen LogP contribution in [-0.2, 0) is 9.53 Å². The predicted octanol–water partition coefficient (Wildman–Crippen LogP) is 5.02. The Bertz CT molecular complexity index is 1230. The molecule has 0 spiro atoms. The van der Waals surface area contributed by atoms with Gasteiger partial charge in [0.1, 0.15) is 16.9 Å². The van der Waals surface area contributed by atoms with Gasteiger partial charge in [-0.1, -0.05) is 28.3 Å². The number of anilines is 3. The van der Waals surface area contributed by atoms with Crippen LogP contribution in [0.1, 0.15) is 36.4 Å². The number of nitrogens with one attached hydrogen (secondary N) is 2. The third kappa shape index (κ3) is 6.17. The monoisotopic (exact) mass is 523 g/mol. The topological polar surface area (TPSA) is 128 Å². The Kier molecular flexibility index (Phi) is 7.67. The van der Waals surface area contributed by atoms with Crippen molar-refractivity contribution < 1.29 is 27.9 Å². The van der Waals surface area contributed by atoms with Crippen LogP contribution in [0.15, 0.2) is 34.9 Å².